The first-order valence-corrected chi connectivity index (χ1v) is 28.9. The number of imide groups is 3. The zero-order valence-corrected chi connectivity index (χ0v) is 43.6. The Morgan fingerprint density at radius 3 is 1.29 bits per heavy atom. The highest BCUT2D eigenvalue weighted by atomic mass is 32.2. The van der Waals surface area contributed by atoms with Crippen LogP contribution in [0.4, 0.5) is 23.8 Å². The Bertz CT molecular complexity index is 3790. The van der Waals surface area contributed by atoms with Gasteiger partial charge in [0.05, 0.1) is 48.7 Å². The molecule has 5 aliphatic carbocycles. The Morgan fingerprint density at radius 2 is 0.936 bits per heavy atom. The second kappa shape index (κ2) is 19.9. The van der Waals surface area contributed by atoms with Crippen LogP contribution < -0.4 is 37.2 Å². The lowest BCUT2D eigenvalue weighted by Gasteiger charge is -2.18. The first-order chi connectivity index (χ1) is 37.5. The molecule has 3 saturated heterocycles. The monoisotopic (exact) mass is 1100 g/mol. The van der Waals surface area contributed by atoms with Crippen LogP contribution in [0.1, 0.15) is 100 Å². The Balaban J connectivity index is 0.000000118. The molecular formula is C48H51N19O9S2. The molecule has 30 heteroatoms. The maximum absolute atomic E-state index is 12.0. The van der Waals surface area contributed by atoms with E-state index in [1.807, 2.05) is 0 Å². The molecule has 0 bridgehead atoms. The van der Waals surface area contributed by atoms with Gasteiger partial charge in [0.15, 0.2) is 16.9 Å². The minimum absolute atomic E-state index is 0.0288. The van der Waals surface area contributed by atoms with Gasteiger partial charge >= 0.3 is 0 Å². The quantitative estimate of drug-likeness (QED) is 0.0560. The number of nitrogens with zero attached hydrogens (tertiary/aromatic N) is 12. The fraction of sp³-hybridized carbons (Fsp3) is 0.438. The number of nitrogens with one attached hydrogen (secondary N) is 7. The van der Waals surface area contributed by atoms with Crippen LogP contribution in [0.3, 0.4) is 0 Å². The lowest BCUT2D eigenvalue weighted by molar-refractivity contribution is -0.125. The summed E-state index contributed by atoms with van der Waals surface area (Å²) in [6, 6.07) is 1.43. The van der Waals surface area contributed by atoms with Gasteiger partial charge in [-0.25, -0.2) is 8.42 Å². The maximum Gasteiger partial charge on any atom is 0.254 e. The minimum atomic E-state index is -3.63. The first kappa shape index (κ1) is 50.4. The first-order valence-electron chi connectivity index (χ1n) is 25.5. The highest BCUT2D eigenvalue weighted by molar-refractivity contribution is 7.90. The molecule has 8 aliphatic rings. The third kappa shape index (κ3) is 11.2. The van der Waals surface area contributed by atoms with Gasteiger partial charge in [0.2, 0.25) is 56.5 Å². The van der Waals surface area contributed by atoms with Crippen LogP contribution in [0.5, 0.6) is 0 Å². The van der Waals surface area contributed by atoms with Crippen LogP contribution in [0.15, 0.2) is 45.6 Å². The summed E-state index contributed by atoms with van der Waals surface area (Å²) in [5.41, 5.74) is 4.10. The van der Waals surface area contributed by atoms with Crippen molar-refractivity contribution in [1.29, 1.82) is 0 Å². The second-order valence-corrected chi connectivity index (χ2v) is 23.7. The van der Waals surface area contributed by atoms with Crippen molar-refractivity contribution in [3.05, 3.63) is 52.0 Å². The van der Waals surface area contributed by atoms with Gasteiger partial charge in [0.1, 0.15) is 0 Å². The Morgan fingerprint density at radius 1 is 0.551 bits per heavy atom. The van der Waals surface area contributed by atoms with Crippen LogP contribution >= 0.6 is 0 Å². The summed E-state index contributed by atoms with van der Waals surface area (Å²) < 4.78 is 40.2. The van der Waals surface area contributed by atoms with Crippen molar-refractivity contribution in [3.63, 3.8) is 0 Å². The van der Waals surface area contributed by atoms with Gasteiger partial charge in [0, 0.05) is 70.1 Å². The maximum atomic E-state index is 12.0. The highest BCUT2D eigenvalue weighted by Gasteiger charge is 2.42. The number of carbonyl (C=O) groups is 6. The van der Waals surface area contributed by atoms with Crippen LogP contribution in [0.25, 0.3) is 35.2 Å². The van der Waals surface area contributed by atoms with Gasteiger partial charge in [-0.3, -0.25) is 48.9 Å². The lowest BCUT2D eigenvalue weighted by Crippen LogP contribution is -2.26. The molecule has 8 fully saturated rings. The number of hydrogen-bond acceptors (Lipinski definition) is 22. The van der Waals surface area contributed by atoms with Crippen LogP contribution in [0.2, 0.25) is 0 Å². The average molecular weight is 1100 g/mol. The van der Waals surface area contributed by atoms with Crippen LogP contribution in [0, 0.1) is 11.8 Å². The Labute approximate surface area is 445 Å². The molecule has 14 rings (SSSR count). The molecule has 7 N–H and O–H groups in total. The lowest BCUT2D eigenvalue weighted by atomic mass is 10.1. The molecular weight excluding hydrogens is 1050 g/mol. The van der Waals surface area contributed by atoms with Crippen molar-refractivity contribution >= 4 is 115 Å². The Kier molecular flexibility index (Phi) is 12.8. The van der Waals surface area contributed by atoms with Crippen molar-refractivity contribution in [2.24, 2.45) is 11.8 Å². The molecule has 0 spiro atoms. The van der Waals surface area contributed by atoms with E-state index >= 15 is 0 Å². The molecule has 5 saturated carbocycles. The van der Waals surface area contributed by atoms with E-state index in [0.29, 0.717) is 75.1 Å². The van der Waals surface area contributed by atoms with E-state index in [-0.39, 0.29) is 76.4 Å². The van der Waals surface area contributed by atoms with Gasteiger partial charge < -0.3 is 21.3 Å². The van der Waals surface area contributed by atoms with Gasteiger partial charge in [0.25, 0.3) is 22.9 Å². The summed E-state index contributed by atoms with van der Waals surface area (Å²) in [5.74, 6) is 1.26. The van der Waals surface area contributed by atoms with Crippen LogP contribution in [-0.4, -0.2) is 143 Å². The third-order valence-corrected chi connectivity index (χ3v) is 15.2. The fourth-order valence-electron chi connectivity index (χ4n) is 8.93. The summed E-state index contributed by atoms with van der Waals surface area (Å²) >= 11 is 0. The van der Waals surface area contributed by atoms with Crippen molar-refractivity contribution in [1.82, 2.24) is 74.7 Å². The number of hydrogen-bond donors (Lipinski definition) is 7. The minimum Gasteiger partial charge on any atom is -0.351 e. The molecule has 6 aromatic rings. The van der Waals surface area contributed by atoms with E-state index < -0.39 is 32.5 Å². The highest BCUT2D eigenvalue weighted by Crippen LogP contribution is 2.46. The molecule has 28 nitrogen and oxygen atoms in total. The van der Waals surface area contributed by atoms with Crippen molar-refractivity contribution < 1.29 is 41.4 Å². The van der Waals surface area contributed by atoms with Gasteiger partial charge in [-0.1, -0.05) is 0 Å². The van der Waals surface area contributed by atoms with E-state index in [1.54, 1.807) is 29.1 Å². The van der Waals surface area contributed by atoms with E-state index in [9.17, 15) is 41.4 Å². The summed E-state index contributed by atoms with van der Waals surface area (Å²) in [5, 5.41) is 32.9. The normalized spacial score (nSPS) is 21.3. The molecule has 0 aromatic carbocycles. The number of aromatic nitrogens is 12. The topological polar surface area (TPSA) is 367 Å². The van der Waals surface area contributed by atoms with E-state index in [2.05, 4.69) is 72.4 Å². The number of carbonyl (C=O) groups excluding carboxylic acids is 6. The summed E-state index contributed by atoms with van der Waals surface area (Å²) in [6.07, 6.45) is 23.5. The fourth-order valence-corrected chi connectivity index (χ4v) is 9.86. The molecule has 1 atom stereocenters. The van der Waals surface area contributed by atoms with Gasteiger partial charge in [-0.05, 0) is 94.3 Å². The number of anilines is 4. The number of sulfone groups is 1. The van der Waals surface area contributed by atoms with E-state index in [4.69, 9.17) is 9.97 Å². The zero-order chi connectivity index (χ0) is 54.1. The Hall–Kier alpha value is -8.41. The van der Waals surface area contributed by atoms with Gasteiger partial charge in [-0.2, -0.15) is 58.7 Å². The molecule has 3 aliphatic heterocycles. The number of rotatable bonds is 15. The third-order valence-electron chi connectivity index (χ3n) is 13.7. The van der Waals surface area contributed by atoms with E-state index in [0.717, 1.165) is 56.6 Å². The van der Waals surface area contributed by atoms with Crippen LogP contribution in [-0.2, 0) is 49.4 Å². The van der Waals surface area contributed by atoms with Gasteiger partial charge in [-0.15, -0.1) is 0 Å². The molecule has 6 amide bonds. The average Bonchev–Trinajstić information content (AvgIpc) is 4.15. The number of fused-ring (bicyclic) bond motifs is 3. The summed E-state index contributed by atoms with van der Waals surface area (Å²) in [7, 11) is -4.99. The van der Waals surface area contributed by atoms with Crippen molar-refractivity contribution in [2.45, 2.75) is 118 Å². The van der Waals surface area contributed by atoms with Crippen molar-refractivity contribution in [3.8, 4) is 0 Å². The molecule has 9 heterocycles. The zero-order valence-electron chi connectivity index (χ0n) is 42.0. The molecule has 6 aromatic heterocycles. The molecule has 78 heavy (non-hydrogen) atoms. The SMILES string of the molecule is CS(=O)(=O)c1nc(NC2CC2)n2ncc(/C=C3\CC(=O)NC3=O)c2n1.CS(=O)c1nc(NC2CC2)n2ncc(/C=C3\CC(=O)NC3=O)c2n1.O=C1C/C(=C\c2cnn3c(NC4CC4)nc(NC(C4CC4)C4CC4)nc23)C(=O)N1. The predicted molar refractivity (Wildman–Crippen MR) is 278 cm³/mol. The predicted octanol–water partition coefficient (Wildman–Crippen LogP) is 1.13. The smallest absolute Gasteiger partial charge is 0.254 e. The molecule has 1 unspecified atom stereocenters. The molecule has 0 radical (unpaired) electrons. The number of amides is 6. The van der Waals surface area contributed by atoms with Crippen molar-refractivity contribution in [2.75, 3.05) is 33.8 Å². The second-order valence-electron chi connectivity index (χ2n) is 20.5. The standard InChI is InChI=1S/C20H23N7O2.C14H14N6O4S.C14H14N6O3S/c28-15-8-12(18(29)23-15)7-13-9-21-27-17(13)25-19(26-20(27)22-14-5-6-14)24-16(10-1-2-10)11-3-4-11;1-25(23,24)14-18-11-8(4-7-5-10(21)17-12(7)22)6-15-20(11)13(19-14)16-9-2-3-9;1-24(23)14-18-11-8(4-7-5-10(21)17-12(7)22)6-15-20(11)13(19-14)16-9-2-3-9/h7,9-11,14,16H,1-6,8H2,(H,23,28,29)(H2,22,24,25,26);4,6,9H,2-3,5H2,1H3,(H,16,18,19)(H,17,21,22);4,6,9H,2-3,5H2,1H3,(H,16,18,19)(H,17,21,22)/b12-7+;2*7-4+. The molecule has 404 valence electrons. The summed E-state index contributed by atoms with van der Waals surface area (Å²) in [4.78, 5) is 95.7. The van der Waals surface area contributed by atoms with E-state index in [1.165, 1.54) is 53.2 Å². The largest absolute Gasteiger partial charge is 0.351 e. The summed E-state index contributed by atoms with van der Waals surface area (Å²) in [6.45, 7) is 0.